The second-order valence-corrected chi connectivity index (χ2v) is 8.30. The number of hydrogen-bond acceptors (Lipinski definition) is 7. The van der Waals surface area contributed by atoms with Crippen LogP contribution in [0.5, 0.6) is 0 Å². The molecule has 0 fully saturated rings. The largest absolute Gasteiger partial charge is 0.326 e. The van der Waals surface area contributed by atoms with E-state index in [2.05, 4.69) is 20.6 Å². The van der Waals surface area contributed by atoms with Crippen molar-refractivity contribution in [3.63, 3.8) is 0 Å². The molecule has 1 aromatic carbocycles. The molecule has 140 valence electrons. The molecule has 0 aliphatic rings. The first-order valence-electron chi connectivity index (χ1n) is 8.21. The summed E-state index contributed by atoms with van der Waals surface area (Å²) in [6.07, 6.45) is 0. The second kappa shape index (κ2) is 8.01. The highest BCUT2D eigenvalue weighted by Gasteiger charge is 2.14. The number of carbonyl (C=O) groups is 2. The Bertz CT molecular complexity index is 1110. The Balaban J connectivity index is 1.44. The van der Waals surface area contributed by atoms with Gasteiger partial charge in [-0.1, -0.05) is 12.1 Å². The van der Waals surface area contributed by atoms with Crippen LogP contribution in [0.1, 0.15) is 17.4 Å². The normalized spacial score (nSPS) is 10.6. The molecule has 0 bridgehead atoms. The van der Waals surface area contributed by atoms with Gasteiger partial charge in [0, 0.05) is 39.9 Å². The third-order valence-electron chi connectivity index (χ3n) is 3.73. The number of anilines is 2. The lowest BCUT2D eigenvalue weighted by Crippen LogP contribution is -2.12. The highest BCUT2D eigenvalue weighted by Crippen LogP contribution is 2.28. The molecule has 0 saturated carbocycles. The molecule has 4 aromatic rings. The average Bonchev–Trinajstić information content (AvgIpc) is 3.43. The first kappa shape index (κ1) is 18.5. The summed E-state index contributed by atoms with van der Waals surface area (Å²) in [7, 11) is 0. The Hall–Kier alpha value is -2.88. The summed E-state index contributed by atoms with van der Waals surface area (Å²) in [5.74, 6) is -0.393. The first-order chi connectivity index (χ1) is 13.6. The fraction of sp³-hybridized carbons (Fsp3) is 0.0526. The summed E-state index contributed by atoms with van der Waals surface area (Å²) in [6, 6.07) is 9.36. The van der Waals surface area contributed by atoms with Gasteiger partial charge in [0.25, 0.3) is 5.91 Å². The van der Waals surface area contributed by atoms with E-state index < -0.39 is 0 Å². The number of thiazole rings is 2. The number of hydrogen-bond donors (Lipinski definition) is 2. The molecular weight excluding hydrogens is 412 g/mol. The van der Waals surface area contributed by atoms with Crippen LogP contribution in [0.2, 0.25) is 0 Å². The van der Waals surface area contributed by atoms with Gasteiger partial charge in [0.15, 0.2) is 5.13 Å². The summed E-state index contributed by atoms with van der Waals surface area (Å²) in [5.41, 5.74) is 3.78. The summed E-state index contributed by atoms with van der Waals surface area (Å²) < 4.78 is 0. The maximum atomic E-state index is 12.5. The lowest BCUT2D eigenvalue weighted by Gasteiger charge is -2.02. The van der Waals surface area contributed by atoms with Gasteiger partial charge in [-0.25, -0.2) is 9.97 Å². The number of nitrogens with one attached hydrogen (secondary N) is 2. The van der Waals surface area contributed by atoms with Crippen LogP contribution < -0.4 is 10.6 Å². The molecule has 0 spiro atoms. The maximum Gasteiger partial charge on any atom is 0.276 e. The summed E-state index contributed by atoms with van der Waals surface area (Å²) in [4.78, 5) is 32.4. The lowest BCUT2D eigenvalue weighted by atomic mass is 10.1. The first-order valence-corrected chi connectivity index (χ1v) is 10.9. The van der Waals surface area contributed by atoms with E-state index in [0.29, 0.717) is 10.8 Å². The second-order valence-electron chi connectivity index (χ2n) is 5.80. The zero-order valence-electron chi connectivity index (χ0n) is 14.6. The molecule has 28 heavy (non-hydrogen) atoms. The number of amides is 2. The molecule has 2 amide bonds. The summed E-state index contributed by atoms with van der Waals surface area (Å²) in [5, 5.41) is 14.5. The van der Waals surface area contributed by atoms with Gasteiger partial charge < -0.3 is 5.32 Å². The van der Waals surface area contributed by atoms with E-state index in [9.17, 15) is 9.59 Å². The van der Waals surface area contributed by atoms with Crippen molar-refractivity contribution >= 4 is 56.6 Å². The number of benzene rings is 1. The van der Waals surface area contributed by atoms with Gasteiger partial charge >= 0.3 is 0 Å². The molecule has 2 N–H and O–H groups in total. The van der Waals surface area contributed by atoms with Crippen molar-refractivity contribution in [3.8, 4) is 21.8 Å². The third kappa shape index (κ3) is 4.16. The lowest BCUT2D eigenvalue weighted by molar-refractivity contribution is -0.114. The average molecular weight is 427 g/mol. The van der Waals surface area contributed by atoms with E-state index in [0.717, 1.165) is 27.5 Å². The van der Waals surface area contributed by atoms with E-state index in [1.807, 2.05) is 46.5 Å². The van der Waals surface area contributed by atoms with Crippen molar-refractivity contribution in [2.75, 3.05) is 10.6 Å². The van der Waals surface area contributed by atoms with E-state index in [1.165, 1.54) is 29.6 Å². The van der Waals surface area contributed by atoms with Crippen molar-refractivity contribution in [2.24, 2.45) is 0 Å². The zero-order valence-corrected chi connectivity index (χ0v) is 17.1. The van der Waals surface area contributed by atoms with Gasteiger partial charge in [0.2, 0.25) is 5.91 Å². The number of nitrogens with zero attached hydrogens (tertiary/aromatic N) is 2. The third-order valence-corrected chi connectivity index (χ3v) is 6.06. The van der Waals surface area contributed by atoms with Crippen molar-refractivity contribution in [1.29, 1.82) is 0 Å². The van der Waals surface area contributed by atoms with Gasteiger partial charge in [0.1, 0.15) is 10.7 Å². The van der Waals surface area contributed by atoms with Gasteiger partial charge in [-0.15, -0.1) is 22.7 Å². The smallest absolute Gasteiger partial charge is 0.276 e. The predicted molar refractivity (Wildman–Crippen MR) is 115 cm³/mol. The van der Waals surface area contributed by atoms with E-state index in [1.54, 1.807) is 16.7 Å². The molecule has 0 atom stereocenters. The van der Waals surface area contributed by atoms with Crippen LogP contribution in [-0.2, 0) is 4.79 Å². The van der Waals surface area contributed by atoms with Crippen molar-refractivity contribution < 1.29 is 9.59 Å². The van der Waals surface area contributed by atoms with Crippen LogP contribution in [0, 0.1) is 0 Å². The SMILES string of the molecule is CC(=O)Nc1ccc(-c2csc(NC(=O)c3csc(-c4ccsc4)n3)n2)cc1. The molecule has 0 saturated heterocycles. The van der Waals surface area contributed by atoms with Crippen LogP contribution >= 0.6 is 34.0 Å². The molecule has 0 unspecified atom stereocenters. The molecule has 0 aliphatic heterocycles. The monoisotopic (exact) mass is 426 g/mol. The fourth-order valence-corrected chi connectivity index (χ4v) is 4.68. The minimum absolute atomic E-state index is 0.115. The maximum absolute atomic E-state index is 12.5. The molecule has 3 heterocycles. The predicted octanol–water partition coefficient (Wildman–Crippen LogP) is 5.21. The van der Waals surface area contributed by atoms with Crippen LogP contribution in [0.4, 0.5) is 10.8 Å². The Morgan fingerprint density at radius 2 is 1.71 bits per heavy atom. The van der Waals surface area contributed by atoms with Gasteiger partial charge in [-0.3, -0.25) is 14.9 Å². The Kier molecular flexibility index (Phi) is 5.29. The molecule has 9 heteroatoms. The van der Waals surface area contributed by atoms with Crippen molar-refractivity contribution in [2.45, 2.75) is 6.92 Å². The van der Waals surface area contributed by atoms with Gasteiger partial charge in [0.05, 0.1) is 5.69 Å². The minimum Gasteiger partial charge on any atom is -0.326 e. The van der Waals surface area contributed by atoms with E-state index in [-0.39, 0.29) is 11.8 Å². The standard InChI is InChI=1S/C19H14N4O2S3/c1-11(24)20-14-4-2-12(3-5-14)15-9-28-19(22-15)23-17(25)16-10-27-18(21-16)13-6-7-26-8-13/h2-10H,1H3,(H,20,24)(H,22,23,25). The van der Waals surface area contributed by atoms with Gasteiger partial charge in [-0.05, 0) is 23.6 Å². The quantitative estimate of drug-likeness (QED) is 0.459. The Morgan fingerprint density at radius 1 is 0.893 bits per heavy atom. The van der Waals surface area contributed by atoms with Crippen molar-refractivity contribution in [1.82, 2.24) is 9.97 Å². The zero-order chi connectivity index (χ0) is 19.5. The van der Waals surface area contributed by atoms with Crippen molar-refractivity contribution in [3.05, 3.63) is 57.5 Å². The van der Waals surface area contributed by atoms with E-state index in [4.69, 9.17) is 0 Å². The number of aromatic nitrogens is 2. The molecular formula is C19H14N4O2S3. The Morgan fingerprint density at radius 3 is 2.43 bits per heavy atom. The molecule has 3 aromatic heterocycles. The van der Waals surface area contributed by atoms with Gasteiger partial charge in [-0.2, -0.15) is 11.3 Å². The minimum atomic E-state index is -0.278. The van der Waals surface area contributed by atoms with Crippen LogP contribution in [0.25, 0.3) is 21.8 Å². The molecule has 6 nitrogen and oxygen atoms in total. The summed E-state index contributed by atoms with van der Waals surface area (Å²) >= 11 is 4.39. The number of rotatable bonds is 5. The highest BCUT2D eigenvalue weighted by atomic mass is 32.1. The fourth-order valence-electron chi connectivity index (χ4n) is 2.45. The topological polar surface area (TPSA) is 84.0 Å². The molecule has 0 radical (unpaired) electrons. The molecule has 0 aliphatic carbocycles. The summed E-state index contributed by atoms with van der Waals surface area (Å²) in [6.45, 7) is 1.47. The van der Waals surface area contributed by atoms with Crippen LogP contribution in [-0.4, -0.2) is 21.8 Å². The van der Waals surface area contributed by atoms with Crippen LogP contribution in [0.15, 0.2) is 51.9 Å². The van der Waals surface area contributed by atoms with Crippen LogP contribution in [0.3, 0.4) is 0 Å². The van der Waals surface area contributed by atoms with E-state index >= 15 is 0 Å². The Labute approximate surface area is 172 Å². The highest BCUT2D eigenvalue weighted by molar-refractivity contribution is 7.14. The number of thiophene rings is 1. The number of carbonyl (C=O) groups excluding carboxylic acids is 2. The molecule has 4 rings (SSSR count).